The Bertz CT molecular complexity index is 905. The van der Waals surface area contributed by atoms with Crippen LogP contribution in [0, 0.1) is 0 Å². The lowest BCUT2D eigenvalue weighted by Crippen LogP contribution is -3.14. The topological polar surface area (TPSA) is 90.0 Å². The molecule has 1 saturated heterocycles. The van der Waals surface area contributed by atoms with Crippen molar-refractivity contribution in [3.8, 4) is 0 Å². The normalized spacial score (nSPS) is 15.3. The number of nitrogens with one attached hydrogen (secondary N) is 2. The predicted octanol–water partition coefficient (Wildman–Crippen LogP) is 1.08. The van der Waals surface area contributed by atoms with Crippen molar-refractivity contribution in [1.29, 1.82) is 0 Å². The highest BCUT2D eigenvalue weighted by Crippen LogP contribution is 2.17. The summed E-state index contributed by atoms with van der Waals surface area (Å²) in [5, 5.41) is 3.38. The highest BCUT2D eigenvalue weighted by Gasteiger charge is 2.18. The second kappa shape index (κ2) is 10.2. The molecular weight excluding hydrogens is 416 g/mol. The molecule has 0 unspecified atom stereocenters. The van der Waals surface area contributed by atoms with Gasteiger partial charge in [0.2, 0.25) is 0 Å². The predicted molar refractivity (Wildman–Crippen MR) is 110 cm³/mol. The molecule has 0 aliphatic carbocycles. The van der Waals surface area contributed by atoms with Gasteiger partial charge in [0, 0.05) is 18.0 Å². The van der Waals surface area contributed by atoms with E-state index >= 15 is 0 Å². The number of halogens is 1. The monoisotopic (exact) mass is 441 g/mol. The van der Waals surface area contributed by atoms with E-state index in [9.17, 15) is 13.2 Å². The lowest BCUT2D eigenvalue weighted by Gasteiger charge is -2.23. The number of amides is 1. The van der Waals surface area contributed by atoms with Gasteiger partial charge in [0.05, 0.1) is 25.5 Å². The van der Waals surface area contributed by atoms with E-state index < -0.39 is 9.84 Å². The van der Waals surface area contributed by atoms with Crippen LogP contribution >= 0.6 is 11.6 Å². The number of sulfone groups is 1. The highest BCUT2D eigenvalue weighted by atomic mass is 35.5. The molecule has 1 amide bonds. The number of carbonyl (C=O) groups is 1. The second-order valence-corrected chi connectivity index (χ2v) is 9.65. The first-order chi connectivity index (χ1) is 13.9. The number of quaternary nitrogens is 1. The minimum Gasteiger partial charge on any atom is -0.455 e. The zero-order chi connectivity index (χ0) is 20.7. The molecule has 0 atom stereocenters. The summed E-state index contributed by atoms with van der Waals surface area (Å²) in [7, 11) is -3.43. The largest absolute Gasteiger partial charge is 0.455 e. The van der Waals surface area contributed by atoms with Crippen LogP contribution in [0.25, 0.3) is 0 Å². The molecule has 0 saturated carbocycles. The van der Waals surface area contributed by atoms with Crippen LogP contribution < -0.4 is 10.2 Å². The van der Waals surface area contributed by atoms with E-state index in [-0.39, 0.29) is 28.9 Å². The van der Waals surface area contributed by atoms with Gasteiger partial charge in [-0.15, -0.1) is 0 Å². The molecule has 2 aromatic rings. The van der Waals surface area contributed by atoms with Gasteiger partial charge in [-0.3, -0.25) is 4.79 Å². The fourth-order valence-electron chi connectivity index (χ4n) is 3.22. The Hall–Kier alpha value is -1.87. The lowest BCUT2D eigenvalue weighted by atomic mass is 10.2. The summed E-state index contributed by atoms with van der Waals surface area (Å²) in [6.07, 6.45) is 0.865. The Morgan fingerprint density at radius 2 is 1.79 bits per heavy atom. The summed E-state index contributed by atoms with van der Waals surface area (Å²) >= 11 is 5.82. The van der Waals surface area contributed by atoms with E-state index in [0.29, 0.717) is 17.1 Å². The Morgan fingerprint density at radius 1 is 1.07 bits per heavy atom. The summed E-state index contributed by atoms with van der Waals surface area (Å²) < 4.78 is 35.6. The Labute approximate surface area is 175 Å². The van der Waals surface area contributed by atoms with Crippen LogP contribution in [0.5, 0.6) is 0 Å². The number of ether oxygens (including phenoxy) is 1. The summed E-state index contributed by atoms with van der Waals surface area (Å²) in [6.45, 7) is 5.11. The lowest BCUT2D eigenvalue weighted by molar-refractivity contribution is -0.908. The van der Waals surface area contributed by atoms with Gasteiger partial charge >= 0.3 is 0 Å². The molecule has 29 heavy (non-hydrogen) atoms. The average molecular weight is 442 g/mol. The van der Waals surface area contributed by atoms with Crippen LogP contribution in [0.2, 0.25) is 5.02 Å². The van der Waals surface area contributed by atoms with E-state index in [0.717, 1.165) is 39.3 Å². The maximum Gasteiger partial charge on any atom is 0.286 e. The Kier molecular flexibility index (Phi) is 7.71. The van der Waals surface area contributed by atoms with Gasteiger partial charge in [0.15, 0.2) is 15.6 Å². The molecule has 1 aromatic heterocycles. The third-order valence-corrected chi connectivity index (χ3v) is 6.49. The zero-order valence-electron chi connectivity index (χ0n) is 16.2. The minimum atomic E-state index is -3.43. The van der Waals surface area contributed by atoms with Crippen LogP contribution in [0.1, 0.15) is 28.3 Å². The Balaban J connectivity index is 1.45. The van der Waals surface area contributed by atoms with E-state index in [1.54, 1.807) is 24.3 Å². The van der Waals surface area contributed by atoms with Crippen molar-refractivity contribution in [2.75, 3.05) is 39.4 Å². The highest BCUT2D eigenvalue weighted by molar-refractivity contribution is 7.89. The SMILES string of the molecule is O=C(NCCC[NH+]1CCOCC1)c1ccc(CS(=O)(=O)Cc2ccc(Cl)cc2)o1. The quantitative estimate of drug-likeness (QED) is 0.568. The number of benzene rings is 1. The van der Waals surface area contributed by atoms with E-state index in [4.69, 9.17) is 20.8 Å². The Morgan fingerprint density at radius 3 is 2.52 bits per heavy atom. The molecule has 1 fully saturated rings. The third-order valence-electron chi connectivity index (χ3n) is 4.74. The van der Waals surface area contributed by atoms with Crippen LogP contribution in [0.15, 0.2) is 40.8 Å². The molecule has 9 heteroatoms. The molecule has 2 N–H and O–H groups in total. The molecule has 0 bridgehead atoms. The smallest absolute Gasteiger partial charge is 0.286 e. The third kappa shape index (κ3) is 7.15. The van der Waals surface area contributed by atoms with Gasteiger partial charge in [0.1, 0.15) is 24.6 Å². The van der Waals surface area contributed by atoms with Crippen LogP contribution in [0.4, 0.5) is 0 Å². The zero-order valence-corrected chi connectivity index (χ0v) is 17.7. The average Bonchev–Trinajstić information content (AvgIpc) is 3.15. The molecule has 3 rings (SSSR count). The van der Waals surface area contributed by atoms with E-state index in [1.165, 1.54) is 17.0 Å². The summed E-state index contributed by atoms with van der Waals surface area (Å²) in [6, 6.07) is 9.71. The van der Waals surface area contributed by atoms with Crippen LogP contribution in [0.3, 0.4) is 0 Å². The van der Waals surface area contributed by atoms with E-state index in [1.807, 2.05) is 0 Å². The van der Waals surface area contributed by atoms with Crippen molar-refractivity contribution in [1.82, 2.24) is 5.32 Å². The van der Waals surface area contributed by atoms with Gasteiger partial charge in [-0.25, -0.2) is 8.42 Å². The van der Waals surface area contributed by atoms with Crippen molar-refractivity contribution in [2.45, 2.75) is 17.9 Å². The molecule has 7 nitrogen and oxygen atoms in total. The van der Waals surface area contributed by atoms with Crippen molar-refractivity contribution in [3.63, 3.8) is 0 Å². The van der Waals surface area contributed by atoms with Gasteiger partial charge in [-0.2, -0.15) is 0 Å². The summed E-state index contributed by atoms with van der Waals surface area (Å²) in [5.74, 6) is -0.329. The standard InChI is InChI=1S/C20H25ClN2O5S/c21-17-4-2-16(3-5-17)14-29(25,26)15-18-6-7-19(28-18)20(24)22-8-1-9-23-10-12-27-13-11-23/h2-7H,1,8-15H2,(H,22,24)/p+1. The molecule has 2 heterocycles. The second-order valence-electron chi connectivity index (χ2n) is 7.15. The van der Waals surface area contributed by atoms with Gasteiger partial charge in [0.25, 0.3) is 5.91 Å². The first-order valence-electron chi connectivity index (χ1n) is 9.64. The molecule has 0 radical (unpaired) electrons. The van der Waals surface area contributed by atoms with Gasteiger partial charge < -0.3 is 19.4 Å². The fourth-order valence-corrected chi connectivity index (χ4v) is 4.73. The maximum atomic E-state index is 12.4. The fraction of sp³-hybridized carbons (Fsp3) is 0.450. The van der Waals surface area contributed by atoms with Crippen LogP contribution in [-0.2, 0) is 26.1 Å². The first kappa shape index (κ1) is 21.8. The van der Waals surface area contributed by atoms with Crippen molar-refractivity contribution in [3.05, 3.63) is 58.5 Å². The molecule has 1 aliphatic heterocycles. The summed E-state index contributed by atoms with van der Waals surface area (Å²) in [5.41, 5.74) is 0.654. The number of rotatable bonds is 9. The minimum absolute atomic E-state index is 0.115. The number of morpholine rings is 1. The number of hydrogen-bond donors (Lipinski definition) is 2. The van der Waals surface area contributed by atoms with Crippen molar-refractivity contribution < 1.29 is 27.3 Å². The number of furan rings is 1. The molecule has 1 aromatic carbocycles. The summed E-state index contributed by atoms with van der Waals surface area (Å²) in [4.78, 5) is 13.7. The van der Waals surface area contributed by atoms with E-state index in [2.05, 4.69) is 5.32 Å². The van der Waals surface area contributed by atoms with Crippen LogP contribution in [-0.4, -0.2) is 53.7 Å². The van der Waals surface area contributed by atoms with Gasteiger partial charge in [-0.1, -0.05) is 23.7 Å². The maximum absolute atomic E-state index is 12.4. The molecule has 158 valence electrons. The molecule has 0 spiro atoms. The van der Waals surface area contributed by atoms with Crippen molar-refractivity contribution >= 4 is 27.3 Å². The number of carbonyl (C=O) groups excluding carboxylic acids is 1. The van der Waals surface area contributed by atoms with Gasteiger partial charge in [-0.05, 0) is 29.8 Å². The van der Waals surface area contributed by atoms with Crippen molar-refractivity contribution in [2.24, 2.45) is 0 Å². The molecular formula is C20H26ClN2O5S+. The molecule has 1 aliphatic rings. The number of hydrogen-bond acceptors (Lipinski definition) is 5. The first-order valence-corrected chi connectivity index (χ1v) is 11.8.